The van der Waals surface area contributed by atoms with Gasteiger partial charge in [-0.15, -0.1) is 0 Å². The third-order valence-electron chi connectivity index (χ3n) is 3.74. The number of anilines is 1. The van der Waals surface area contributed by atoms with Crippen LogP contribution in [0.25, 0.3) is 11.8 Å². The lowest BCUT2D eigenvalue weighted by Gasteiger charge is -2.09. The molecule has 3 rings (SSSR count). The fourth-order valence-corrected chi connectivity index (χ4v) is 3.29. The molecule has 0 unspecified atom stereocenters. The molecule has 9 heteroatoms. The molecule has 0 bridgehead atoms. The van der Waals surface area contributed by atoms with Gasteiger partial charge >= 0.3 is 5.76 Å². The molecule has 0 aliphatic heterocycles. The zero-order valence-electron chi connectivity index (χ0n) is 14.4. The molecule has 3 aromatic rings. The summed E-state index contributed by atoms with van der Waals surface area (Å²) >= 11 is 0. The number of nitrogens with one attached hydrogen (secondary N) is 1. The number of carbonyl (C=O) groups is 1. The number of amides is 1. The summed E-state index contributed by atoms with van der Waals surface area (Å²) in [5, 5.41) is 6.50. The Morgan fingerprint density at radius 3 is 2.46 bits per heavy atom. The van der Waals surface area contributed by atoms with E-state index in [0.29, 0.717) is 5.56 Å². The lowest BCUT2D eigenvalue weighted by Crippen LogP contribution is -2.16. The van der Waals surface area contributed by atoms with E-state index in [1.165, 1.54) is 24.3 Å². The molecule has 0 radical (unpaired) electrons. The number of benzene rings is 2. The Bertz CT molecular complexity index is 1110. The van der Waals surface area contributed by atoms with Crippen molar-refractivity contribution in [3.8, 4) is 5.69 Å². The maximum atomic E-state index is 12.8. The van der Waals surface area contributed by atoms with Crippen LogP contribution in [0.2, 0.25) is 0 Å². The highest BCUT2D eigenvalue weighted by atomic mass is 32.2. The Labute approximate surface area is 160 Å². The molecule has 0 fully saturated rings. The molecule has 0 saturated heterocycles. The number of carbonyl (C=O) groups excluding carboxylic acids is 1. The average Bonchev–Trinajstić information content (AvgIpc) is 3.16. The van der Waals surface area contributed by atoms with E-state index < -0.39 is 26.4 Å². The van der Waals surface area contributed by atoms with Gasteiger partial charge in [0, 0.05) is 17.8 Å². The second-order valence-electron chi connectivity index (χ2n) is 5.68. The van der Waals surface area contributed by atoms with Crippen molar-refractivity contribution in [3.63, 3.8) is 0 Å². The number of alkyl halides is 2. The van der Waals surface area contributed by atoms with Gasteiger partial charge in [-0.3, -0.25) is 4.79 Å². The molecule has 2 aromatic carbocycles. The summed E-state index contributed by atoms with van der Waals surface area (Å²) in [5.41, 5.74) is 1.27. The van der Waals surface area contributed by atoms with Crippen LogP contribution in [0.15, 0.2) is 78.0 Å². The standard InChI is InChI=1S/C19H15F2N3O3S/c20-19(21)28(26,27)17-9-5-4-8-16(17)23-18(25)11-10-14-12-22-24(13-14)15-6-2-1-3-7-15/h1-13,19H,(H,23,25)/b11-10+. The monoisotopic (exact) mass is 403 g/mol. The average molecular weight is 403 g/mol. The van der Waals surface area contributed by atoms with Gasteiger partial charge in [0.15, 0.2) is 0 Å². The number of rotatable bonds is 6. The van der Waals surface area contributed by atoms with Gasteiger partial charge < -0.3 is 5.32 Å². The van der Waals surface area contributed by atoms with E-state index in [-0.39, 0.29) is 5.69 Å². The Hall–Kier alpha value is -3.33. The quantitative estimate of drug-likeness (QED) is 0.639. The third-order valence-corrected chi connectivity index (χ3v) is 5.17. The van der Waals surface area contributed by atoms with Crippen molar-refractivity contribution in [1.29, 1.82) is 0 Å². The lowest BCUT2D eigenvalue weighted by atomic mass is 10.3. The fourth-order valence-electron chi connectivity index (χ4n) is 2.41. The first-order chi connectivity index (χ1) is 13.4. The molecule has 6 nitrogen and oxygen atoms in total. The minimum absolute atomic E-state index is 0.211. The van der Waals surface area contributed by atoms with Gasteiger partial charge in [-0.1, -0.05) is 30.3 Å². The Morgan fingerprint density at radius 2 is 1.75 bits per heavy atom. The van der Waals surface area contributed by atoms with Crippen LogP contribution < -0.4 is 5.32 Å². The normalized spacial score (nSPS) is 11.8. The SMILES string of the molecule is O=C(/C=C/c1cnn(-c2ccccc2)c1)Nc1ccccc1S(=O)(=O)C(F)F. The smallest absolute Gasteiger partial charge is 0.321 e. The largest absolute Gasteiger partial charge is 0.341 e. The van der Waals surface area contributed by atoms with Crippen molar-refractivity contribution in [3.05, 3.63) is 78.6 Å². The number of para-hydroxylation sites is 2. The Morgan fingerprint density at radius 1 is 1.07 bits per heavy atom. The fraction of sp³-hybridized carbons (Fsp3) is 0.0526. The summed E-state index contributed by atoms with van der Waals surface area (Å²) in [7, 11) is -4.83. The molecule has 144 valence electrons. The van der Waals surface area contributed by atoms with Gasteiger partial charge in [-0.25, -0.2) is 13.1 Å². The van der Waals surface area contributed by atoms with Crippen molar-refractivity contribution < 1.29 is 22.0 Å². The number of nitrogens with zero attached hydrogens (tertiary/aromatic N) is 2. The molecule has 1 aromatic heterocycles. The molecule has 0 spiro atoms. The first-order valence-electron chi connectivity index (χ1n) is 8.08. The van der Waals surface area contributed by atoms with Crippen molar-refractivity contribution in [1.82, 2.24) is 9.78 Å². The molecule has 1 amide bonds. The van der Waals surface area contributed by atoms with Gasteiger partial charge in [0.1, 0.15) is 0 Å². The number of aromatic nitrogens is 2. The number of halogens is 2. The molecule has 0 saturated carbocycles. The zero-order chi connectivity index (χ0) is 20.1. The van der Waals surface area contributed by atoms with Crippen molar-refractivity contribution in [2.24, 2.45) is 0 Å². The van der Waals surface area contributed by atoms with Crippen LogP contribution in [0, 0.1) is 0 Å². The number of sulfone groups is 1. The van der Waals surface area contributed by atoms with Crippen LogP contribution in [0.5, 0.6) is 0 Å². The van der Waals surface area contributed by atoms with Crippen molar-refractivity contribution in [2.75, 3.05) is 5.32 Å². The predicted molar refractivity (Wildman–Crippen MR) is 101 cm³/mol. The van der Waals surface area contributed by atoms with E-state index in [9.17, 15) is 22.0 Å². The maximum Gasteiger partial charge on any atom is 0.341 e. The van der Waals surface area contributed by atoms with Crippen LogP contribution in [0.4, 0.5) is 14.5 Å². The van der Waals surface area contributed by atoms with E-state index in [0.717, 1.165) is 17.8 Å². The minimum Gasteiger partial charge on any atom is -0.321 e. The molecule has 28 heavy (non-hydrogen) atoms. The first kappa shape index (κ1) is 19.4. The Balaban J connectivity index is 1.75. The maximum absolute atomic E-state index is 12.8. The van der Waals surface area contributed by atoms with E-state index >= 15 is 0 Å². The summed E-state index contributed by atoms with van der Waals surface area (Å²) in [6, 6.07) is 14.4. The van der Waals surface area contributed by atoms with Crippen molar-refractivity contribution >= 4 is 27.5 Å². The highest BCUT2D eigenvalue weighted by Crippen LogP contribution is 2.26. The van der Waals surface area contributed by atoms with E-state index in [1.54, 1.807) is 17.1 Å². The van der Waals surface area contributed by atoms with Gasteiger partial charge in [0.2, 0.25) is 15.7 Å². The molecule has 0 aliphatic rings. The van der Waals surface area contributed by atoms with Gasteiger partial charge in [0.05, 0.1) is 22.5 Å². The minimum atomic E-state index is -4.83. The van der Waals surface area contributed by atoms with Crippen LogP contribution >= 0.6 is 0 Å². The second kappa shape index (κ2) is 8.13. The van der Waals surface area contributed by atoms with E-state index in [1.807, 2.05) is 30.3 Å². The van der Waals surface area contributed by atoms with Crippen LogP contribution in [-0.4, -0.2) is 29.9 Å². The van der Waals surface area contributed by atoms with Gasteiger partial charge in [-0.2, -0.15) is 13.9 Å². The van der Waals surface area contributed by atoms with Crippen LogP contribution in [0.1, 0.15) is 5.56 Å². The Kier molecular flexibility index (Phi) is 5.65. The summed E-state index contributed by atoms with van der Waals surface area (Å²) < 4.78 is 50.7. The number of hydrogen-bond donors (Lipinski definition) is 1. The first-order valence-corrected chi connectivity index (χ1v) is 9.63. The zero-order valence-corrected chi connectivity index (χ0v) is 15.2. The predicted octanol–water partition coefficient (Wildman–Crippen LogP) is 3.52. The van der Waals surface area contributed by atoms with E-state index in [2.05, 4.69) is 10.4 Å². The number of hydrogen-bond acceptors (Lipinski definition) is 4. The molecule has 0 aliphatic carbocycles. The third kappa shape index (κ3) is 4.32. The van der Waals surface area contributed by atoms with Crippen LogP contribution in [-0.2, 0) is 14.6 Å². The van der Waals surface area contributed by atoms with Gasteiger partial charge in [0.25, 0.3) is 0 Å². The van der Waals surface area contributed by atoms with Gasteiger partial charge in [-0.05, 0) is 30.3 Å². The summed E-state index contributed by atoms with van der Waals surface area (Å²) in [6.07, 6.45) is 5.89. The molecular weight excluding hydrogens is 388 g/mol. The molecule has 0 atom stereocenters. The lowest BCUT2D eigenvalue weighted by molar-refractivity contribution is -0.111. The second-order valence-corrected chi connectivity index (χ2v) is 7.56. The van der Waals surface area contributed by atoms with Crippen molar-refractivity contribution in [2.45, 2.75) is 10.7 Å². The highest BCUT2D eigenvalue weighted by molar-refractivity contribution is 7.91. The topological polar surface area (TPSA) is 81.1 Å². The summed E-state index contributed by atoms with van der Waals surface area (Å²) in [4.78, 5) is 11.5. The molecule has 1 N–H and O–H groups in total. The molecular formula is C19H15F2N3O3S. The van der Waals surface area contributed by atoms with E-state index in [4.69, 9.17) is 0 Å². The summed E-state index contributed by atoms with van der Waals surface area (Å²) in [5.74, 6) is -4.24. The molecule has 1 heterocycles. The van der Waals surface area contributed by atoms with Crippen LogP contribution in [0.3, 0.4) is 0 Å². The highest BCUT2D eigenvalue weighted by Gasteiger charge is 2.29. The summed E-state index contributed by atoms with van der Waals surface area (Å²) in [6.45, 7) is 0.